The third-order valence-electron chi connectivity index (χ3n) is 3.03. The lowest BCUT2D eigenvalue weighted by Crippen LogP contribution is -2.18. The first-order valence-corrected chi connectivity index (χ1v) is 6.12. The van der Waals surface area contributed by atoms with Gasteiger partial charge in [0.2, 0.25) is 0 Å². The molecule has 1 N–H and O–H groups in total. The first-order valence-electron chi connectivity index (χ1n) is 6.12. The second kappa shape index (κ2) is 5.69. The monoisotopic (exact) mass is 228 g/mol. The van der Waals surface area contributed by atoms with E-state index in [9.17, 15) is 0 Å². The number of benzene rings is 1. The molecular weight excluding hydrogens is 208 g/mol. The van der Waals surface area contributed by atoms with Gasteiger partial charge >= 0.3 is 0 Å². The van der Waals surface area contributed by atoms with Crippen LogP contribution in [0.3, 0.4) is 0 Å². The number of nitrogens with one attached hydrogen (secondary N) is 1. The minimum absolute atomic E-state index is 0.940. The van der Waals surface area contributed by atoms with Crippen molar-refractivity contribution >= 4 is 0 Å². The van der Waals surface area contributed by atoms with Gasteiger partial charge in [0.25, 0.3) is 0 Å². The van der Waals surface area contributed by atoms with Crippen LogP contribution in [0.1, 0.15) is 16.8 Å². The van der Waals surface area contributed by atoms with Crippen LogP contribution >= 0.6 is 0 Å². The van der Waals surface area contributed by atoms with E-state index in [4.69, 9.17) is 0 Å². The van der Waals surface area contributed by atoms with Gasteiger partial charge in [-0.15, -0.1) is 0 Å². The van der Waals surface area contributed by atoms with Gasteiger partial charge in [-0.2, -0.15) is 0 Å². The first-order chi connectivity index (χ1) is 8.25. The molecule has 0 spiro atoms. The van der Waals surface area contributed by atoms with Gasteiger partial charge in [0, 0.05) is 25.5 Å². The normalized spacial score (nSPS) is 10.7. The zero-order valence-corrected chi connectivity index (χ0v) is 10.6. The van der Waals surface area contributed by atoms with Gasteiger partial charge in [-0.25, -0.2) is 0 Å². The SMILES string of the molecule is Cc1cccc(CCNCc2cccn2C)c1. The highest BCUT2D eigenvalue weighted by molar-refractivity contribution is 5.22. The summed E-state index contributed by atoms with van der Waals surface area (Å²) in [5.74, 6) is 0. The molecule has 1 aromatic heterocycles. The van der Waals surface area contributed by atoms with Crippen LogP contribution in [-0.4, -0.2) is 11.1 Å². The fraction of sp³-hybridized carbons (Fsp3) is 0.333. The largest absolute Gasteiger partial charge is 0.353 e. The summed E-state index contributed by atoms with van der Waals surface area (Å²) in [6.45, 7) is 4.10. The summed E-state index contributed by atoms with van der Waals surface area (Å²) >= 11 is 0. The van der Waals surface area contributed by atoms with Gasteiger partial charge in [0.1, 0.15) is 0 Å². The molecule has 1 aromatic carbocycles. The minimum Gasteiger partial charge on any atom is -0.353 e. The molecular formula is C15H20N2. The number of hydrogen-bond donors (Lipinski definition) is 1. The second-order valence-corrected chi connectivity index (χ2v) is 4.53. The van der Waals surface area contributed by atoms with Crippen molar-refractivity contribution in [1.29, 1.82) is 0 Å². The number of aromatic nitrogens is 1. The molecule has 1 heterocycles. The van der Waals surface area contributed by atoms with Crippen LogP contribution in [0, 0.1) is 6.92 Å². The Morgan fingerprint density at radius 1 is 1.18 bits per heavy atom. The summed E-state index contributed by atoms with van der Waals surface area (Å²) in [5.41, 5.74) is 4.07. The molecule has 0 amide bonds. The van der Waals surface area contributed by atoms with Crippen molar-refractivity contribution in [3.05, 3.63) is 59.4 Å². The zero-order chi connectivity index (χ0) is 12.1. The van der Waals surface area contributed by atoms with Crippen molar-refractivity contribution in [3.63, 3.8) is 0 Å². The summed E-state index contributed by atoms with van der Waals surface area (Å²) in [6, 6.07) is 12.9. The first kappa shape index (κ1) is 11.9. The Balaban J connectivity index is 1.75. The molecule has 0 radical (unpaired) electrons. The average Bonchev–Trinajstić information content (AvgIpc) is 2.71. The Morgan fingerprint density at radius 2 is 2.06 bits per heavy atom. The van der Waals surface area contributed by atoms with E-state index in [1.165, 1.54) is 16.8 Å². The van der Waals surface area contributed by atoms with Crippen molar-refractivity contribution in [3.8, 4) is 0 Å². The lowest BCUT2D eigenvalue weighted by Gasteiger charge is -2.06. The average molecular weight is 228 g/mol. The van der Waals surface area contributed by atoms with Crippen molar-refractivity contribution < 1.29 is 0 Å². The number of rotatable bonds is 5. The standard InChI is InChI=1S/C15H20N2/c1-13-5-3-6-14(11-13)8-9-16-12-15-7-4-10-17(15)2/h3-7,10-11,16H,8-9,12H2,1-2H3. The highest BCUT2D eigenvalue weighted by Gasteiger charge is 1.97. The van der Waals surface area contributed by atoms with E-state index < -0.39 is 0 Å². The quantitative estimate of drug-likeness (QED) is 0.779. The Kier molecular flexibility index (Phi) is 3.99. The molecule has 90 valence electrons. The zero-order valence-electron chi connectivity index (χ0n) is 10.6. The van der Waals surface area contributed by atoms with Crippen LogP contribution in [0.2, 0.25) is 0 Å². The van der Waals surface area contributed by atoms with Gasteiger partial charge in [0.05, 0.1) is 0 Å². The van der Waals surface area contributed by atoms with Crippen molar-refractivity contribution in [2.24, 2.45) is 7.05 Å². The van der Waals surface area contributed by atoms with Crippen LogP contribution < -0.4 is 5.32 Å². The Hall–Kier alpha value is -1.54. The fourth-order valence-corrected chi connectivity index (χ4v) is 2.00. The van der Waals surface area contributed by atoms with E-state index in [-0.39, 0.29) is 0 Å². The fourth-order valence-electron chi connectivity index (χ4n) is 2.00. The van der Waals surface area contributed by atoms with E-state index in [2.05, 4.69) is 66.5 Å². The van der Waals surface area contributed by atoms with Gasteiger partial charge < -0.3 is 9.88 Å². The Morgan fingerprint density at radius 3 is 2.76 bits per heavy atom. The van der Waals surface area contributed by atoms with Gasteiger partial charge in [-0.1, -0.05) is 29.8 Å². The molecule has 0 saturated carbocycles. The molecule has 0 fully saturated rings. The molecule has 0 aliphatic carbocycles. The maximum Gasteiger partial charge on any atom is 0.0359 e. The highest BCUT2D eigenvalue weighted by Crippen LogP contribution is 2.04. The molecule has 0 aliphatic heterocycles. The van der Waals surface area contributed by atoms with Crippen LogP contribution in [0.4, 0.5) is 0 Å². The molecule has 2 heteroatoms. The highest BCUT2D eigenvalue weighted by atomic mass is 15.0. The van der Waals surface area contributed by atoms with Gasteiger partial charge in [-0.05, 0) is 37.6 Å². The molecule has 2 nitrogen and oxygen atoms in total. The summed E-state index contributed by atoms with van der Waals surface area (Å²) in [6.07, 6.45) is 3.17. The smallest absolute Gasteiger partial charge is 0.0359 e. The van der Waals surface area contributed by atoms with Crippen LogP contribution in [0.5, 0.6) is 0 Å². The van der Waals surface area contributed by atoms with E-state index in [1.54, 1.807) is 0 Å². The lowest BCUT2D eigenvalue weighted by molar-refractivity contribution is 0.653. The molecule has 0 unspecified atom stereocenters. The van der Waals surface area contributed by atoms with Crippen LogP contribution in [0.15, 0.2) is 42.6 Å². The summed E-state index contributed by atoms with van der Waals surface area (Å²) < 4.78 is 2.15. The number of aryl methyl sites for hydroxylation is 2. The lowest BCUT2D eigenvalue weighted by atomic mass is 10.1. The van der Waals surface area contributed by atoms with Crippen molar-refractivity contribution in [1.82, 2.24) is 9.88 Å². The molecule has 0 atom stereocenters. The summed E-state index contributed by atoms with van der Waals surface area (Å²) in [5, 5.41) is 3.48. The third kappa shape index (κ3) is 3.46. The Bertz CT molecular complexity index is 471. The number of nitrogens with zero attached hydrogens (tertiary/aromatic N) is 1. The van der Waals surface area contributed by atoms with E-state index in [1.807, 2.05) is 0 Å². The van der Waals surface area contributed by atoms with E-state index in [0.29, 0.717) is 0 Å². The third-order valence-corrected chi connectivity index (χ3v) is 3.03. The maximum absolute atomic E-state index is 3.48. The van der Waals surface area contributed by atoms with Crippen LogP contribution in [-0.2, 0) is 20.0 Å². The number of hydrogen-bond acceptors (Lipinski definition) is 1. The summed E-state index contributed by atoms with van der Waals surface area (Å²) in [7, 11) is 2.08. The second-order valence-electron chi connectivity index (χ2n) is 4.53. The van der Waals surface area contributed by atoms with Gasteiger partial charge in [0.15, 0.2) is 0 Å². The van der Waals surface area contributed by atoms with E-state index in [0.717, 1.165) is 19.5 Å². The van der Waals surface area contributed by atoms with Crippen LogP contribution in [0.25, 0.3) is 0 Å². The van der Waals surface area contributed by atoms with Crippen molar-refractivity contribution in [2.75, 3.05) is 6.54 Å². The van der Waals surface area contributed by atoms with Crippen molar-refractivity contribution in [2.45, 2.75) is 19.9 Å². The molecule has 0 bridgehead atoms. The van der Waals surface area contributed by atoms with Gasteiger partial charge in [-0.3, -0.25) is 0 Å². The summed E-state index contributed by atoms with van der Waals surface area (Å²) in [4.78, 5) is 0. The topological polar surface area (TPSA) is 17.0 Å². The molecule has 2 aromatic rings. The Labute approximate surface area is 103 Å². The molecule has 0 aliphatic rings. The predicted octanol–water partition coefficient (Wildman–Crippen LogP) is 2.67. The minimum atomic E-state index is 0.940. The predicted molar refractivity (Wildman–Crippen MR) is 72.0 cm³/mol. The van der Waals surface area contributed by atoms with E-state index >= 15 is 0 Å². The maximum atomic E-state index is 3.48. The molecule has 0 saturated heterocycles. The molecule has 2 rings (SSSR count). The molecule has 17 heavy (non-hydrogen) atoms.